The molecular formula is C21H20N6O3. The number of hydrogen-bond donors (Lipinski definition) is 3. The number of aromatic nitrogens is 5. The maximum Gasteiger partial charge on any atom is 0.354 e. The predicted octanol–water partition coefficient (Wildman–Crippen LogP) is 2.76. The summed E-state index contributed by atoms with van der Waals surface area (Å²) in [7, 11) is 0. The first-order chi connectivity index (χ1) is 14.5. The zero-order chi connectivity index (χ0) is 21.1. The van der Waals surface area contributed by atoms with Crippen molar-refractivity contribution in [3.63, 3.8) is 0 Å². The van der Waals surface area contributed by atoms with Crippen LogP contribution in [-0.2, 0) is 11.3 Å². The minimum absolute atomic E-state index is 0.208. The van der Waals surface area contributed by atoms with E-state index in [0.29, 0.717) is 35.8 Å². The van der Waals surface area contributed by atoms with Gasteiger partial charge in [-0.2, -0.15) is 0 Å². The molecule has 0 bridgehead atoms. The van der Waals surface area contributed by atoms with Gasteiger partial charge in [0.2, 0.25) is 0 Å². The Morgan fingerprint density at radius 2 is 1.97 bits per heavy atom. The highest BCUT2D eigenvalue weighted by Crippen LogP contribution is 2.24. The topological polar surface area (TPSA) is 126 Å². The molecule has 0 radical (unpaired) electrons. The number of esters is 1. The van der Waals surface area contributed by atoms with Gasteiger partial charge in [0.05, 0.1) is 24.0 Å². The number of amides is 1. The summed E-state index contributed by atoms with van der Waals surface area (Å²) >= 11 is 0. The Bertz CT molecular complexity index is 1210. The van der Waals surface area contributed by atoms with E-state index in [4.69, 9.17) is 4.74 Å². The fraction of sp³-hybridized carbons (Fsp3) is 0.190. The summed E-state index contributed by atoms with van der Waals surface area (Å²) in [5, 5.41) is 3.63. The Morgan fingerprint density at radius 1 is 1.17 bits per heavy atom. The van der Waals surface area contributed by atoms with Gasteiger partial charge in [0, 0.05) is 30.0 Å². The quantitative estimate of drug-likeness (QED) is 0.424. The van der Waals surface area contributed by atoms with Gasteiger partial charge in [-0.15, -0.1) is 0 Å². The van der Waals surface area contributed by atoms with E-state index >= 15 is 0 Å². The molecule has 0 aromatic carbocycles. The summed E-state index contributed by atoms with van der Waals surface area (Å²) in [6.45, 7) is 4.26. The number of rotatable bonds is 6. The summed E-state index contributed by atoms with van der Waals surface area (Å²) in [6, 6.07) is 7.19. The van der Waals surface area contributed by atoms with Gasteiger partial charge in [0.25, 0.3) is 5.91 Å². The molecule has 0 unspecified atom stereocenters. The van der Waals surface area contributed by atoms with Crippen molar-refractivity contribution < 1.29 is 14.3 Å². The lowest BCUT2D eigenvalue weighted by Crippen LogP contribution is -2.24. The van der Waals surface area contributed by atoms with Crippen LogP contribution < -0.4 is 5.32 Å². The van der Waals surface area contributed by atoms with Gasteiger partial charge >= 0.3 is 5.97 Å². The normalized spacial score (nSPS) is 10.9. The molecule has 0 fully saturated rings. The molecule has 4 aromatic rings. The highest BCUT2D eigenvalue weighted by atomic mass is 16.5. The second-order valence-electron chi connectivity index (χ2n) is 6.66. The molecule has 9 nitrogen and oxygen atoms in total. The fourth-order valence-corrected chi connectivity index (χ4v) is 3.06. The van der Waals surface area contributed by atoms with Gasteiger partial charge < -0.3 is 20.0 Å². The molecule has 0 aliphatic heterocycles. The van der Waals surface area contributed by atoms with Crippen LogP contribution in [0.1, 0.15) is 39.3 Å². The van der Waals surface area contributed by atoms with Crippen LogP contribution in [0.4, 0.5) is 0 Å². The number of fused-ring (bicyclic) bond motifs is 1. The van der Waals surface area contributed by atoms with E-state index in [1.54, 1.807) is 31.6 Å². The van der Waals surface area contributed by atoms with E-state index in [1.807, 2.05) is 25.1 Å². The molecule has 0 saturated heterocycles. The molecule has 30 heavy (non-hydrogen) atoms. The van der Waals surface area contributed by atoms with Gasteiger partial charge in [0.1, 0.15) is 11.4 Å². The predicted molar refractivity (Wildman–Crippen MR) is 110 cm³/mol. The van der Waals surface area contributed by atoms with E-state index in [9.17, 15) is 9.59 Å². The Kier molecular flexibility index (Phi) is 5.25. The van der Waals surface area contributed by atoms with Crippen LogP contribution in [0.5, 0.6) is 0 Å². The smallest absolute Gasteiger partial charge is 0.354 e. The Morgan fingerprint density at radius 3 is 2.73 bits per heavy atom. The number of aromatic amines is 2. The van der Waals surface area contributed by atoms with E-state index in [2.05, 4.69) is 30.2 Å². The first-order valence-electron chi connectivity index (χ1n) is 9.45. The summed E-state index contributed by atoms with van der Waals surface area (Å²) < 4.78 is 5.02. The lowest BCUT2D eigenvalue weighted by molar-refractivity contribution is 0.0520. The molecule has 0 saturated carbocycles. The van der Waals surface area contributed by atoms with Crippen LogP contribution in [0.3, 0.4) is 0 Å². The number of nitrogens with zero attached hydrogens (tertiary/aromatic N) is 3. The first kappa shape index (κ1) is 19.3. The second-order valence-corrected chi connectivity index (χ2v) is 6.66. The molecule has 4 heterocycles. The molecule has 0 atom stereocenters. The maximum absolute atomic E-state index is 12.5. The number of imidazole rings is 1. The van der Waals surface area contributed by atoms with E-state index in [1.165, 1.54) is 0 Å². The number of carbonyl (C=O) groups excluding carboxylic acids is 2. The molecule has 0 aliphatic carbocycles. The first-order valence-corrected chi connectivity index (χ1v) is 9.45. The van der Waals surface area contributed by atoms with E-state index in [-0.39, 0.29) is 11.7 Å². The number of aryl methyl sites for hydroxylation is 1. The third-order valence-corrected chi connectivity index (χ3v) is 4.55. The number of nitrogens with one attached hydrogen (secondary N) is 3. The van der Waals surface area contributed by atoms with Crippen LogP contribution >= 0.6 is 0 Å². The number of carbonyl (C=O) groups is 2. The van der Waals surface area contributed by atoms with Crippen LogP contribution in [-0.4, -0.2) is 43.4 Å². The Labute approximate surface area is 171 Å². The van der Waals surface area contributed by atoms with E-state index < -0.39 is 5.97 Å². The van der Waals surface area contributed by atoms with Gasteiger partial charge in [-0.05, 0) is 43.7 Å². The van der Waals surface area contributed by atoms with Crippen molar-refractivity contribution >= 4 is 22.8 Å². The van der Waals surface area contributed by atoms with Crippen LogP contribution in [0.15, 0.2) is 42.9 Å². The summed E-state index contributed by atoms with van der Waals surface area (Å²) in [5.41, 5.74) is 3.91. The molecule has 152 valence electrons. The molecular weight excluding hydrogens is 384 g/mol. The van der Waals surface area contributed by atoms with Gasteiger partial charge in [-0.3, -0.25) is 14.8 Å². The number of hydrogen-bond acceptors (Lipinski definition) is 6. The second kappa shape index (κ2) is 8.16. The zero-order valence-electron chi connectivity index (χ0n) is 16.5. The van der Waals surface area contributed by atoms with Crippen molar-refractivity contribution in [1.82, 2.24) is 30.2 Å². The monoisotopic (exact) mass is 404 g/mol. The number of ether oxygens (including phenoxy) is 1. The Balaban J connectivity index is 1.55. The molecule has 4 aromatic heterocycles. The van der Waals surface area contributed by atoms with Crippen molar-refractivity contribution in [2.75, 3.05) is 6.61 Å². The SMILES string of the molecule is CCOC(=O)c1cc2cc(-c3nc(C(=O)NCc4ccncc4)[nH]c3C)ncc2[nH]1. The highest BCUT2D eigenvalue weighted by Gasteiger charge is 2.17. The van der Waals surface area contributed by atoms with Crippen LogP contribution in [0.25, 0.3) is 22.3 Å². The lowest BCUT2D eigenvalue weighted by atomic mass is 10.2. The molecule has 4 rings (SSSR count). The number of H-pyrrole nitrogens is 2. The Hall–Kier alpha value is -4.01. The third-order valence-electron chi connectivity index (χ3n) is 4.55. The standard InChI is InChI=1S/C21H20N6O3/c1-3-30-21(29)16-9-14-8-15(23-11-17(14)26-16)18-12(2)25-19(27-18)20(28)24-10-13-4-6-22-7-5-13/h4-9,11,26H,3,10H2,1-2H3,(H,24,28)(H,25,27). The van der Waals surface area contributed by atoms with Crippen molar-refractivity contribution in [1.29, 1.82) is 0 Å². The van der Waals surface area contributed by atoms with Crippen molar-refractivity contribution in [2.24, 2.45) is 0 Å². The minimum atomic E-state index is -0.417. The third kappa shape index (κ3) is 3.90. The van der Waals surface area contributed by atoms with Crippen molar-refractivity contribution in [3.05, 3.63) is 65.6 Å². The average molecular weight is 404 g/mol. The average Bonchev–Trinajstić information content (AvgIpc) is 3.36. The van der Waals surface area contributed by atoms with Crippen molar-refractivity contribution in [2.45, 2.75) is 20.4 Å². The summed E-state index contributed by atoms with van der Waals surface area (Å²) in [6.07, 6.45) is 4.98. The molecule has 0 aliphatic rings. The van der Waals surface area contributed by atoms with Crippen LogP contribution in [0, 0.1) is 6.92 Å². The molecule has 0 spiro atoms. The van der Waals surface area contributed by atoms with Gasteiger partial charge in [-0.1, -0.05) is 0 Å². The molecule has 3 N–H and O–H groups in total. The summed E-state index contributed by atoms with van der Waals surface area (Å²) in [5.74, 6) is -0.521. The number of pyridine rings is 2. The van der Waals surface area contributed by atoms with Gasteiger partial charge in [-0.25, -0.2) is 9.78 Å². The largest absolute Gasteiger partial charge is 0.461 e. The highest BCUT2D eigenvalue weighted by molar-refractivity contribution is 5.95. The summed E-state index contributed by atoms with van der Waals surface area (Å²) in [4.78, 5) is 43.2. The minimum Gasteiger partial charge on any atom is -0.461 e. The fourth-order valence-electron chi connectivity index (χ4n) is 3.06. The molecule has 9 heteroatoms. The zero-order valence-corrected chi connectivity index (χ0v) is 16.5. The van der Waals surface area contributed by atoms with Crippen molar-refractivity contribution in [3.8, 4) is 11.4 Å². The van der Waals surface area contributed by atoms with Gasteiger partial charge in [0.15, 0.2) is 5.82 Å². The van der Waals surface area contributed by atoms with Crippen LogP contribution in [0.2, 0.25) is 0 Å². The molecule has 1 amide bonds. The lowest BCUT2D eigenvalue weighted by Gasteiger charge is -2.02. The maximum atomic E-state index is 12.5. The van der Waals surface area contributed by atoms with E-state index in [0.717, 1.165) is 16.6 Å².